The lowest BCUT2D eigenvalue weighted by Crippen LogP contribution is -2.39. The Kier molecular flexibility index (Phi) is 20.2. The molecule has 2 aliphatic rings. The van der Waals surface area contributed by atoms with Crippen molar-refractivity contribution in [1.29, 1.82) is 0 Å². The van der Waals surface area contributed by atoms with Gasteiger partial charge < -0.3 is 38.3 Å². The molecule has 2 aromatic rings. The van der Waals surface area contributed by atoms with Crippen molar-refractivity contribution < 1.29 is 47.9 Å². The second kappa shape index (κ2) is 23.1. The van der Waals surface area contributed by atoms with Crippen molar-refractivity contribution in [3.63, 3.8) is 0 Å². The summed E-state index contributed by atoms with van der Waals surface area (Å²) in [4.78, 5) is 23.8. The summed E-state index contributed by atoms with van der Waals surface area (Å²) >= 11 is 3.36. The van der Waals surface area contributed by atoms with E-state index in [-0.39, 0.29) is 55.7 Å². The van der Waals surface area contributed by atoms with Gasteiger partial charge in [0.2, 0.25) is 0 Å². The zero-order valence-electron chi connectivity index (χ0n) is 32.7. The average Bonchev–Trinajstić information content (AvgIpc) is 3.63. The monoisotopic (exact) mass is 804 g/mol. The van der Waals surface area contributed by atoms with Crippen molar-refractivity contribution >= 4 is 27.9 Å². The number of ether oxygens (including phenoxy) is 7. The van der Waals surface area contributed by atoms with Gasteiger partial charge in [-0.25, -0.2) is 0 Å². The van der Waals surface area contributed by atoms with Crippen LogP contribution in [0.15, 0.2) is 86.0 Å². The summed E-state index contributed by atoms with van der Waals surface area (Å²) < 4.78 is 39.4. The number of methoxy groups -OCH3 is 2. The summed E-state index contributed by atoms with van der Waals surface area (Å²) in [6.45, 7) is 18.9. The molecule has 10 nitrogen and oxygen atoms in total. The number of alkyl halides is 1. The molecule has 296 valence electrons. The third-order valence-corrected chi connectivity index (χ3v) is 9.09. The van der Waals surface area contributed by atoms with Crippen LogP contribution in [0.25, 0.3) is 0 Å². The largest absolute Gasteiger partial charge is 0.462 e. The molecule has 2 heterocycles. The molecule has 2 fully saturated rings. The minimum absolute atomic E-state index is 0.0325. The van der Waals surface area contributed by atoms with E-state index < -0.39 is 29.1 Å². The average molecular weight is 806 g/mol. The summed E-state index contributed by atoms with van der Waals surface area (Å²) in [7, 11) is 3.17. The lowest BCUT2D eigenvalue weighted by molar-refractivity contribution is -0.159. The maximum absolute atomic E-state index is 12.1. The standard InChI is InChI=1S/C21H30O5.C14H24O5.C7H7Br/c1-6-10-16-18(23-5)19(24-13-15-11-8-7-9-12-15)17(26-16)14-25-20(22)21(2,3)4;1-6-7-9-12(17-5)11(15)10(19-9)8-18-13(16)14(2,3)4;8-6-7-4-2-1-3-5-7/h6-9,11-12,16-19H,1,10,13-14H2,2-5H3;6,9-12,15H,1,7-8H2,2-5H3;1-5H,6H2/t16-,17+,18+,19+;9-,10+,11+,12+;/m11./s1. The lowest BCUT2D eigenvalue weighted by atomic mass is 9.97. The van der Waals surface area contributed by atoms with E-state index >= 15 is 0 Å². The van der Waals surface area contributed by atoms with Gasteiger partial charge in [0, 0.05) is 19.5 Å². The number of esters is 2. The van der Waals surface area contributed by atoms with E-state index in [0.29, 0.717) is 19.4 Å². The smallest absolute Gasteiger partial charge is 0.311 e. The zero-order valence-corrected chi connectivity index (χ0v) is 34.3. The van der Waals surface area contributed by atoms with Gasteiger partial charge in [0.15, 0.2) is 0 Å². The van der Waals surface area contributed by atoms with Crippen LogP contribution in [-0.2, 0) is 54.7 Å². The molecule has 0 amide bonds. The Morgan fingerprint density at radius 3 is 1.55 bits per heavy atom. The fourth-order valence-corrected chi connectivity index (χ4v) is 5.83. The van der Waals surface area contributed by atoms with Crippen LogP contribution >= 0.6 is 15.9 Å². The third-order valence-electron chi connectivity index (χ3n) is 8.45. The second-order valence-electron chi connectivity index (χ2n) is 14.9. The van der Waals surface area contributed by atoms with Crippen LogP contribution in [0.4, 0.5) is 0 Å². The molecule has 1 N–H and O–H groups in total. The third kappa shape index (κ3) is 15.4. The number of hydrogen-bond acceptors (Lipinski definition) is 10. The molecule has 2 aliphatic heterocycles. The number of carbonyl (C=O) groups is 2. The van der Waals surface area contributed by atoms with Crippen LogP contribution in [0.5, 0.6) is 0 Å². The highest BCUT2D eigenvalue weighted by Crippen LogP contribution is 2.31. The molecule has 2 saturated heterocycles. The number of halogens is 1. The van der Waals surface area contributed by atoms with Crippen LogP contribution in [0.2, 0.25) is 0 Å². The van der Waals surface area contributed by atoms with Crippen LogP contribution < -0.4 is 0 Å². The Morgan fingerprint density at radius 2 is 1.13 bits per heavy atom. The van der Waals surface area contributed by atoms with Crippen LogP contribution in [0, 0.1) is 10.8 Å². The van der Waals surface area contributed by atoms with Gasteiger partial charge in [0.05, 0.1) is 29.6 Å². The highest BCUT2D eigenvalue weighted by molar-refractivity contribution is 9.08. The highest BCUT2D eigenvalue weighted by atomic mass is 79.9. The van der Waals surface area contributed by atoms with E-state index in [2.05, 4.69) is 41.2 Å². The number of aliphatic hydroxyl groups excluding tert-OH is 1. The normalized spacial score (nSPS) is 25.2. The lowest BCUT2D eigenvalue weighted by Gasteiger charge is -2.24. The molecule has 0 radical (unpaired) electrons. The first kappa shape index (κ1) is 46.3. The molecule has 0 aromatic heterocycles. The minimum Gasteiger partial charge on any atom is -0.462 e. The van der Waals surface area contributed by atoms with Crippen molar-refractivity contribution in [1.82, 2.24) is 0 Å². The van der Waals surface area contributed by atoms with Gasteiger partial charge in [0.1, 0.15) is 49.8 Å². The van der Waals surface area contributed by atoms with Gasteiger partial charge in [-0.05, 0) is 65.5 Å². The molecule has 2 aromatic carbocycles. The van der Waals surface area contributed by atoms with Gasteiger partial charge in [-0.2, -0.15) is 0 Å². The molecule has 8 atom stereocenters. The highest BCUT2D eigenvalue weighted by Gasteiger charge is 2.46. The summed E-state index contributed by atoms with van der Waals surface area (Å²) in [5.74, 6) is -0.575. The molecule has 0 saturated carbocycles. The number of benzene rings is 2. The molecular weight excluding hydrogens is 744 g/mol. The first-order valence-electron chi connectivity index (χ1n) is 18.0. The summed E-state index contributed by atoms with van der Waals surface area (Å²) in [6, 6.07) is 20.2. The first-order valence-corrected chi connectivity index (χ1v) is 19.1. The Balaban J connectivity index is 0.000000313. The summed E-state index contributed by atoms with van der Waals surface area (Å²) in [5, 5.41) is 11.0. The molecule has 0 unspecified atom stereocenters. The van der Waals surface area contributed by atoms with Gasteiger partial charge in [0.25, 0.3) is 0 Å². The van der Waals surface area contributed by atoms with Crippen molar-refractivity contribution in [2.24, 2.45) is 10.8 Å². The molecule has 0 spiro atoms. The fraction of sp³-hybridized carbons (Fsp3) is 0.571. The number of rotatable bonds is 14. The van der Waals surface area contributed by atoms with E-state index in [4.69, 9.17) is 33.2 Å². The number of aliphatic hydroxyl groups is 1. The van der Waals surface area contributed by atoms with E-state index in [1.54, 1.807) is 40.0 Å². The van der Waals surface area contributed by atoms with Gasteiger partial charge in [-0.1, -0.05) is 88.7 Å². The van der Waals surface area contributed by atoms with Crippen molar-refractivity contribution in [2.45, 2.75) is 115 Å². The number of hydrogen-bond donors (Lipinski definition) is 1. The molecule has 0 aliphatic carbocycles. The van der Waals surface area contributed by atoms with E-state index in [1.165, 1.54) is 12.7 Å². The van der Waals surface area contributed by atoms with Crippen molar-refractivity contribution in [2.75, 3.05) is 27.4 Å². The minimum atomic E-state index is -0.803. The zero-order chi connectivity index (χ0) is 39.6. The first-order chi connectivity index (χ1) is 25.1. The topological polar surface area (TPSA) is 119 Å². The number of carbonyl (C=O) groups excluding carboxylic acids is 2. The molecule has 0 bridgehead atoms. The molecule has 11 heteroatoms. The predicted octanol–water partition coefficient (Wildman–Crippen LogP) is 7.40. The summed E-state index contributed by atoms with van der Waals surface area (Å²) in [5.41, 5.74) is 1.28. The Labute approximate surface area is 325 Å². The van der Waals surface area contributed by atoms with E-state index in [1.807, 2.05) is 69.3 Å². The van der Waals surface area contributed by atoms with Gasteiger partial charge in [-0.15, -0.1) is 13.2 Å². The van der Waals surface area contributed by atoms with Crippen LogP contribution in [0.1, 0.15) is 65.5 Å². The van der Waals surface area contributed by atoms with E-state index in [9.17, 15) is 14.7 Å². The van der Waals surface area contributed by atoms with Gasteiger partial charge in [-0.3, -0.25) is 9.59 Å². The van der Waals surface area contributed by atoms with E-state index in [0.717, 1.165) is 10.9 Å². The van der Waals surface area contributed by atoms with Gasteiger partial charge >= 0.3 is 11.9 Å². The van der Waals surface area contributed by atoms with Crippen LogP contribution in [-0.4, -0.2) is 93.3 Å². The molecule has 53 heavy (non-hydrogen) atoms. The fourth-order valence-electron chi connectivity index (χ4n) is 5.46. The Bertz CT molecular complexity index is 1360. The molecule has 4 rings (SSSR count). The maximum Gasteiger partial charge on any atom is 0.311 e. The predicted molar refractivity (Wildman–Crippen MR) is 209 cm³/mol. The Hall–Kier alpha value is -2.90. The maximum atomic E-state index is 12.1. The Morgan fingerprint density at radius 1 is 0.698 bits per heavy atom. The SMILES string of the molecule is BrCc1ccccc1.C=CC[C@H]1O[C@@H](COC(=O)C(C)(C)C)[C@H](O)[C@H]1OC.C=CC[C@H]1O[C@@H](COC(=O)C(C)(C)C)[C@H](OCc2ccccc2)[C@H]1OC. The van der Waals surface area contributed by atoms with Crippen molar-refractivity contribution in [3.05, 3.63) is 97.1 Å². The summed E-state index contributed by atoms with van der Waals surface area (Å²) in [6.07, 6.45) is 1.61. The second-order valence-corrected chi connectivity index (χ2v) is 15.5. The molecular formula is C42H61BrO10. The van der Waals surface area contributed by atoms with Crippen LogP contribution in [0.3, 0.4) is 0 Å². The quantitative estimate of drug-likeness (QED) is 0.118. The van der Waals surface area contributed by atoms with Crippen molar-refractivity contribution in [3.8, 4) is 0 Å².